The van der Waals surface area contributed by atoms with Gasteiger partial charge in [0, 0.05) is 24.5 Å². The van der Waals surface area contributed by atoms with Gasteiger partial charge in [-0.3, -0.25) is 4.79 Å². The van der Waals surface area contributed by atoms with Gasteiger partial charge < -0.3 is 4.90 Å². The molecular weight excluding hydrogens is 304 g/mol. The first-order valence-electron chi connectivity index (χ1n) is 7.55. The van der Waals surface area contributed by atoms with E-state index >= 15 is 0 Å². The van der Waals surface area contributed by atoms with Crippen molar-refractivity contribution >= 4 is 22.9 Å². The van der Waals surface area contributed by atoms with Gasteiger partial charge in [-0.25, -0.2) is 4.98 Å². The zero-order valence-corrected chi connectivity index (χ0v) is 13.8. The highest BCUT2D eigenvalue weighted by atomic mass is 32.1. The molecular formula is C19H18N2OS. The second kappa shape index (κ2) is 7.20. The standard InChI is InChI=1S/C19H18N2OS/c1-21(16-10-6-3-7-11-16)19(22)17-14-23-18(20-17)13-12-15-8-4-2-5-9-15/h2-11,14H,12-13H2,1H3. The van der Waals surface area contributed by atoms with Gasteiger partial charge in [-0.1, -0.05) is 48.5 Å². The van der Waals surface area contributed by atoms with Crippen LogP contribution in [0.3, 0.4) is 0 Å². The molecule has 0 aliphatic carbocycles. The zero-order chi connectivity index (χ0) is 16.1. The van der Waals surface area contributed by atoms with Crippen LogP contribution in [0.4, 0.5) is 5.69 Å². The molecule has 1 heterocycles. The number of thiazole rings is 1. The summed E-state index contributed by atoms with van der Waals surface area (Å²) in [4.78, 5) is 18.6. The summed E-state index contributed by atoms with van der Waals surface area (Å²) in [5, 5.41) is 2.85. The molecule has 0 atom stereocenters. The number of aromatic nitrogens is 1. The Hall–Kier alpha value is -2.46. The van der Waals surface area contributed by atoms with Crippen molar-refractivity contribution in [2.45, 2.75) is 12.8 Å². The molecule has 23 heavy (non-hydrogen) atoms. The molecule has 3 rings (SSSR count). The SMILES string of the molecule is CN(C(=O)c1csc(CCc2ccccc2)n1)c1ccccc1. The summed E-state index contributed by atoms with van der Waals surface area (Å²) in [5.41, 5.74) is 2.68. The second-order valence-electron chi connectivity index (χ2n) is 5.31. The van der Waals surface area contributed by atoms with Crippen molar-refractivity contribution in [3.05, 3.63) is 82.3 Å². The minimum atomic E-state index is -0.0709. The number of anilines is 1. The third-order valence-corrected chi connectivity index (χ3v) is 4.60. The minimum absolute atomic E-state index is 0.0709. The lowest BCUT2D eigenvalue weighted by molar-refractivity contribution is 0.0989. The summed E-state index contributed by atoms with van der Waals surface area (Å²) in [6.07, 6.45) is 1.80. The molecule has 0 aliphatic heterocycles. The Morgan fingerprint density at radius 3 is 2.35 bits per heavy atom. The first kappa shape index (κ1) is 15.4. The van der Waals surface area contributed by atoms with Crippen molar-refractivity contribution in [3.63, 3.8) is 0 Å². The lowest BCUT2D eigenvalue weighted by atomic mass is 10.1. The van der Waals surface area contributed by atoms with E-state index in [4.69, 9.17) is 0 Å². The molecule has 0 spiro atoms. The molecule has 0 radical (unpaired) electrons. The molecule has 0 bridgehead atoms. The van der Waals surface area contributed by atoms with E-state index < -0.39 is 0 Å². The normalized spacial score (nSPS) is 10.5. The van der Waals surface area contributed by atoms with E-state index in [-0.39, 0.29) is 5.91 Å². The van der Waals surface area contributed by atoms with Crippen LogP contribution in [0.2, 0.25) is 0 Å². The summed E-state index contributed by atoms with van der Waals surface area (Å²) < 4.78 is 0. The molecule has 3 aromatic rings. The summed E-state index contributed by atoms with van der Waals surface area (Å²) in [6.45, 7) is 0. The fourth-order valence-electron chi connectivity index (χ4n) is 2.36. The summed E-state index contributed by atoms with van der Waals surface area (Å²) >= 11 is 1.55. The number of carbonyl (C=O) groups is 1. The van der Waals surface area contributed by atoms with Crippen LogP contribution in [0.25, 0.3) is 0 Å². The van der Waals surface area contributed by atoms with Gasteiger partial charge in [0.25, 0.3) is 5.91 Å². The summed E-state index contributed by atoms with van der Waals surface area (Å²) in [5.74, 6) is -0.0709. The monoisotopic (exact) mass is 322 g/mol. The predicted molar refractivity (Wildman–Crippen MR) is 95.1 cm³/mol. The van der Waals surface area contributed by atoms with E-state index in [1.165, 1.54) is 5.56 Å². The maximum Gasteiger partial charge on any atom is 0.277 e. The maximum atomic E-state index is 12.5. The van der Waals surface area contributed by atoms with E-state index in [1.54, 1.807) is 23.3 Å². The largest absolute Gasteiger partial charge is 0.310 e. The van der Waals surface area contributed by atoms with Crippen molar-refractivity contribution in [1.82, 2.24) is 4.98 Å². The van der Waals surface area contributed by atoms with Gasteiger partial charge in [-0.15, -0.1) is 11.3 Å². The number of aryl methyl sites for hydroxylation is 2. The van der Waals surface area contributed by atoms with Crippen LogP contribution in [0.5, 0.6) is 0 Å². The smallest absolute Gasteiger partial charge is 0.277 e. The quantitative estimate of drug-likeness (QED) is 0.705. The Morgan fingerprint density at radius 1 is 1.00 bits per heavy atom. The van der Waals surface area contributed by atoms with Gasteiger partial charge in [0.2, 0.25) is 0 Å². The van der Waals surface area contributed by atoms with E-state index in [0.29, 0.717) is 5.69 Å². The predicted octanol–water partition coefficient (Wildman–Crippen LogP) is 4.20. The van der Waals surface area contributed by atoms with E-state index in [1.807, 2.05) is 53.9 Å². The number of benzene rings is 2. The Kier molecular flexibility index (Phi) is 4.83. The lowest BCUT2D eigenvalue weighted by Gasteiger charge is -2.15. The highest BCUT2D eigenvalue weighted by molar-refractivity contribution is 7.09. The average molecular weight is 322 g/mol. The van der Waals surface area contributed by atoms with Crippen molar-refractivity contribution < 1.29 is 4.79 Å². The first-order valence-corrected chi connectivity index (χ1v) is 8.43. The average Bonchev–Trinajstić information content (AvgIpc) is 3.09. The van der Waals surface area contributed by atoms with Crippen molar-refractivity contribution in [2.24, 2.45) is 0 Å². The first-order chi connectivity index (χ1) is 11.2. The molecule has 0 unspecified atom stereocenters. The van der Waals surface area contributed by atoms with Crippen LogP contribution in [-0.4, -0.2) is 17.9 Å². The summed E-state index contributed by atoms with van der Waals surface area (Å²) in [6, 6.07) is 19.9. The highest BCUT2D eigenvalue weighted by Crippen LogP contribution is 2.18. The Morgan fingerprint density at radius 2 is 1.65 bits per heavy atom. The van der Waals surface area contributed by atoms with Gasteiger partial charge in [-0.2, -0.15) is 0 Å². The fraction of sp³-hybridized carbons (Fsp3) is 0.158. The Labute approximate surface area is 140 Å². The zero-order valence-electron chi connectivity index (χ0n) is 13.0. The number of rotatable bonds is 5. The van der Waals surface area contributed by atoms with Crippen LogP contribution in [0.15, 0.2) is 66.0 Å². The van der Waals surface area contributed by atoms with E-state index in [2.05, 4.69) is 17.1 Å². The number of nitrogens with zero attached hydrogens (tertiary/aromatic N) is 2. The number of carbonyl (C=O) groups excluding carboxylic acids is 1. The maximum absolute atomic E-state index is 12.5. The lowest BCUT2D eigenvalue weighted by Crippen LogP contribution is -2.26. The number of hydrogen-bond donors (Lipinski definition) is 0. The summed E-state index contributed by atoms with van der Waals surface area (Å²) in [7, 11) is 1.78. The third kappa shape index (κ3) is 3.85. The fourth-order valence-corrected chi connectivity index (χ4v) is 3.13. The van der Waals surface area contributed by atoms with Crippen molar-refractivity contribution in [2.75, 3.05) is 11.9 Å². The molecule has 2 aromatic carbocycles. The molecule has 3 nitrogen and oxygen atoms in total. The number of amides is 1. The molecule has 116 valence electrons. The molecule has 0 aliphatic rings. The van der Waals surface area contributed by atoms with E-state index in [0.717, 1.165) is 23.5 Å². The number of para-hydroxylation sites is 1. The number of hydrogen-bond acceptors (Lipinski definition) is 3. The Bertz CT molecular complexity index is 768. The topological polar surface area (TPSA) is 33.2 Å². The van der Waals surface area contributed by atoms with Crippen LogP contribution >= 0.6 is 11.3 Å². The molecule has 4 heteroatoms. The van der Waals surface area contributed by atoms with Gasteiger partial charge in [0.15, 0.2) is 0 Å². The van der Waals surface area contributed by atoms with E-state index in [9.17, 15) is 4.79 Å². The molecule has 0 saturated carbocycles. The van der Waals surface area contributed by atoms with Gasteiger partial charge in [-0.05, 0) is 24.1 Å². The second-order valence-corrected chi connectivity index (χ2v) is 6.25. The van der Waals surface area contributed by atoms with Gasteiger partial charge in [0.1, 0.15) is 5.69 Å². The minimum Gasteiger partial charge on any atom is -0.310 e. The van der Waals surface area contributed by atoms with Crippen LogP contribution < -0.4 is 4.90 Å². The molecule has 1 amide bonds. The van der Waals surface area contributed by atoms with Crippen LogP contribution in [0, 0.1) is 0 Å². The Balaban J connectivity index is 1.65. The molecule has 1 aromatic heterocycles. The molecule has 0 fully saturated rings. The van der Waals surface area contributed by atoms with Gasteiger partial charge in [0.05, 0.1) is 5.01 Å². The van der Waals surface area contributed by atoms with Crippen molar-refractivity contribution in [3.8, 4) is 0 Å². The van der Waals surface area contributed by atoms with Crippen molar-refractivity contribution in [1.29, 1.82) is 0 Å². The third-order valence-electron chi connectivity index (χ3n) is 3.69. The van der Waals surface area contributed by atoms with Gasteiger partial charge >= 0.3 is 0 Å². The molecule has 0 N–H and O–H groups in total. The van der Waals surface area contributed by atoms with Crippen LogP contribution in [0.1, 0.15) is 21.1 Å². The highest BCUT2D eigenvalue weighted by Gasteiger charge is 2.16. The van der Waals surface area contributed by atoms with Crippen LogP contribution in [-0.2, 0) is 12.8 Å². The molecule has 0 saturated heterocycles.